The number of nitrogens with one attached hydrogen (secondary N) is 1. The number of rotatable bonds is 17. The number of amides is 1. The first kappa shape index (κ1) is 44.0. The van der Waals surface area contributed by atoms with Crippen LogP contribution in [0.2, 0.25) is 5.02 Å². The number of aromatic nitrogens is 2. The van der Waals surface area contributed by atoms with Gasteiger partial charge in [-0.25, -0.2) is 9.97 Å². The van der Waals surface area contributed by atoms with Crippen molar-refractivity contribution in [1.29, 1.82) is 0 Å². The number of nitrogens with two attached hydrogens (primary N) is 1. The van der Waals surface area contributed by atoms with Gasteiger partial charge in [0.15, 0.2) is 0 Å². The van der Waals surface area contributed by atoms with Crippen LogP contribution >= 0.6 is 11.6 Å². The lowest BCUT2D eigenvalue weighted by Crippen LogP contribution is -2.25. The number of nitrogens with zero attached hydrogens (tertiary/aromatic N) is 3. The number of methoxy groups -OCH3 is 2. The highest BCUT2D eigenvalue weighted by Gasteiger charge is 2.18. The Bertz CT molecular complexity index is 1260. The van der Waals surface area contributed by atoms with Crippen LogP contribution in [0.4, 0.5) is 17.3 Å². The highest BCUT2D eigenvalue weighted by atomic mass is 35.5. The van der Waals surface area contributed by atoms with E-state index < -0.39 is 0 Å². The first-order valence-corrected chi connectivity index (χ1v) is 17.3. The molecule has 0 aliphatic carbocycles. The molecule has 2 aromatic carbocycles. The Labute approximate surface area is 292 Å². The molecule has 266 valence electrons. The van der Waals surface area contributed by atoms with Gasteiger partial charge in [0.05, 0.1) is 30.5 Å². The van der Waals surface area contributed by atoms with E-state index in [9.17, 15) is 14.4 Å². The van der Waals surface area contributed by atoms with Gasteiger partial charge in [0.2, 0.25) is 5.95 Å². The molecular formula is C37H56ClN5O5. The van der Waals surface area contributed by atoms with E-state index in [0.717, 1.165) is 69.3 Å². The van der Waals surface area contributed by atoms with E-state index in [1.54, 1.807) is 0 Å². The van der Waals surface area contributed by atoms with Crippen LogP contribution in [-0.2, 0) is 19.1 Å². The second kappa shape index (κ2) is 29.1. The summed E-state index contributed by atoms with van der Waals surface area (Å²) in [5.74, 6) is -0.110. The van der Waals surface area contributed by atoms with Crippen molar-refractivity contribution in [2.24, 2.45) is 5.73 Å². The van der Waals surface area contributed by atoms with Gasteiger partial charge in [-0.15, -0.1) is 0 Å². The van der Waals surface area contributed by atoms with E-state index in [4.69, 9.17) is 17.3 Å². The van der Waals surface area contributed by atoms with Gasteiger partial charge in [-0.2, -0.15) is 0 Å². The van der Waals surface area contributed by atoms with Gasteiger partial charge in [-0.3, -0.25) is 19.3 Å². The van der Waals surface area contributed by atoms with Crippen LogP contribution in [0.1, 0.15) is 102 Å². The molecule has 1 heterocycles. The third-order valence-electron chi connectivity index (χ3n) is 6.59. The minimum atomic E-state index is -0.222. The molecule has 0 saturated heterocycles. The SMILES string of the molecule is CC.CC.COC(=O)CCCCCCN.COC(=O)CCCCCCNC(=O)c1cnc(N(c2ccccc2)c2ccccc2Cl)nc1. The molecule has 1 aromatic heterocycles. The van der Waals surface area contributed by atoms with Crippen LogP contribution in [0.15, 0.2) is 67.0 Å². The fraction of sp³-hybridized carbons (Fsp3) is 0.486. The van der Waals surface area contributed by atoms with Crippen LogP contribution in [-0.4, -0.2) is 55.1 Å². The molecule has 3 N–H and O–H groups in total. The molecule has 0 bridgehead atoms. The number of hydrogen-bond donors (Lipinski definition) is 2. The monoisotopic (exact) mass is 685 g/mol. The molecule has 0 unspecified atom stereocenters. The molecule has 0 aliphatic heterocycles. The van der Waals surface area contributed by atoms with Crippen LogP contribution in [0.5, 0.6) is 0 Å². The van der Waals surface area contributed by atoms with Crippen molar-refractivity contribution in [2.45, 2.75) is 91.9 Å². The average molecular weight is 686 g/mol. The summed E-state index contributed by atoms with van der Waals surface area (Å²) in [5.41, 5.74) is 7.29. The second-order valence-corrected chi connectivity index (χ2v) is 10.3. The van der Waals surface area contributed by atoms with Crippen molar-refractivity contribution in [2.75, 3.05) is 32.2 Å². The Hall–Kier alpha value is -4.02. The molecule has 0 atom stereocenters. The second-order valence-electron chi connectivity index (χ2n) is 9.92. The summed E-state index contributed by atoms with van der Waals surface area (Å²) < 4.78 is 9.11. The summed E-state index contributed by atoms with van der Waals surface area (Å²) in [6.07, 6.45) is 11.6. The summed E-state index contributed by atoms with van der Waals surface area (Å²) in [7, 11) is 2.81. The van der Waals surface area contributed by atoms with Crippen molar-refractivity contribution in [3.63, 3.8) is 0 Å². The third-order valence-corrected chi connectivity index (χ3v) is 6.91. The Morgan fingerprint density at radius 3 is 1.75 bits per heavy atom. The number of ether oxygens (including phenoxy) is 2. The van der Waals surface area contributed by atoms with Crippen LogP contribution in [0.25, 0.3) is 0 Å². The number of carbonyl (C=O) groups is 3. The van der Waals surface area contributed by atoms with Crippen LogP contribution < -0.4 is 16.0 Å². The largest absolute Gasteiger partial charge is 0.469 e. The van der Waals surface area contributed by atoms with E-state index in [0.29, 0.717) is 35.9 Å². The first-order chi connectivity index (χ1) is 23.4. The number of hydrogen-bond acceptors (Lipinski definition) is 9. The Balaban J connectivity index is 0.00000124. The van der Waals surface area contributed by atoms with E-state index in [-0.39, 0.29) is 17.8 Å². The molecule has 0 saturated carbocycles. The van der Waals surface area contributed by atoms with Crippen LogP contribution in [0, 0.1) is 0 Å². The maximum atomic E-state index is 12.4. The van der Waals surface area contributed by atoms with Crippen molar-refractivity contribution in [3.8, 4) is 0 Å². The standard InChI is InChI=1S/C25H27ClN4O3.C8H17NO2.2C2H6/c1-33-23(31)15-7-2-3-10-16-27-24(32)19-17-28-25(29-18-19)30(20-11-5-4-6-12-20)22-14-9-8-13-21(22)26;1-11-8(10)6-4-2-3-5-7-9;2*1-2/h4-6,8-9,11-14,17-18H,2-3,7,10,15-16H2,1H3,(H,27,32);2-7,9H2,1H3;2*1-2H3. The Morgan fingerprint density at radius 1 is 0.729 bits per heavy atom. The Morgan fingerprint density at radius 2 is 1.23 bits per heavy atom. The highest BCUT2D eigenvalue weighted by Crippen LogP contribution is 2.36. The van der Waals surface area contributed by atoms with Gasteiger partial charge >= 0.3 is 11.9 Å². The van der Waals surface area contributed by atoms with Gasteiger partial charge in [0, 0.05) is 37.5 Å². The molecule has 0 radical (unpaired) electrons. The van der Waals surface area contributed by atoms with E-state index in [1.807, 2.05) is 87.2 Å². The predicted molar refractivity (Wildman–Crippen MR) is 196 cm³/mol. The lowest BCUT2D eigenvalue weighted by Gasteiger charge is -2.23. The molecule has 11 heteroatoms. The Kier molecular flexibility index (Phi) is 26.7. The molecule has 0 aliphatic rings. The normalized spacial score (nSPS) is 9.67. The summed E-state index contributed by atoms with van der Waals surface area (Å²) in [4.78, 5) is 44.9. The van der Waals surface area contributed by atoms with Gasteiger partial charge in [-0.05, 0) is 56.5 Å². The number of para-hydroxylation sites is 2. The maximum Gasteiger partial charge on any atom is 0.305 e. The van der Waals surface area contributed by atoms with Crippen molar-refractivity contribution in [3.05, 3.63) is 77.6 Å². The molecule has 3 rings (SSSR count). The molecule has 0 fully saturated rings. The van der Waals surface area contributed by atoms with Crippen molar-refractivity contribution >= 4 is 46.8 Å². The molecule has 3 aromatic rings. The summed E-state index contributed by atoms with van der Waals surface area (Å²) >= 11 is 6.44. The van der Waals surface area contributed by atoms with E-state index in [2.05, 4.69) is 24.8 Å². The van der Waals surface area contributed by atoms with E-state index in [1.165, 1.54) is 26.6 Å². The zero-order chi connectivity index (χ0) is 36.0. The minimum Gasteiger partial charge on any atom is -0.469 e. The van der Waals surface area contributed by atoms with Crippen molar-refractivity contribution in [1.82, 2.24) is 15.3 Å². The van der Waals surface area contributed by atoms with E-state index >= 15 is 0 Å². The molecule has 0 spiro atoms. The van der Waals surface area contributed by atoms with Gasteiger partial charge in [-0.1, -0.05) is 95.3 Å². The first-order valence-electron chi connectivity index (χ1n) is 16.9. The molecule has 1 amide bonds. The molecule has 10 nitrogen and oxygen atoms in total. The summed E-state index contributed by atoms with van der Waals surface area (Å²) in [6.45, 7) is 9.30. The quantitative estimate of drug-likeness (QED) is 0.106. The zero-order valence-electron chi connectivity index (χ0n) is 29.7. The lowest BCUT2D eigenvalue weighted by molar-refractivity contribution is -0.141. The number of benzene rings is 2. The fourth-order valence-corrected chi connectivity index (χ4v) is 4.37. The van der Waals surface area contributed by atoms with Crippen molar-refractivity contribution < 1.29 is 23.9 Å². The predicted octanol–water partition coefficient (Wildman–Crippen LogP) is 8.57. The molecular weight excluding hydrogens is 630 g/mol. The topological polar surface area (TPSA) is 137 Å². The minimum absolute atomic E-state index is 0.113. The number of unbranched alkanes of at least 4 members (excludes halogenated alkanes) is 6. The third kappa shape index (κ3) is 18.4. The smallest absolute Gasteiger partial charge is 0.305 e. The fourth-order valence-electron chi connectivity index (χ4n) is 4.15. The highest BCUT2D eigenvalue weighted by molar-refractivity contribution is 6.33. The summed E-state index contributed by atoms with van der Waals surface area (Å²) in [5, 5.41) is 3.45. The summed E-state index contributed by atoms with van der Waals surface area (Å²) in [6, 6.07) is 17.1. The van der Waals surface area contributed by atoms with Gasteiger partial charge < -0.3 is 20.5 Å². The number of esters is 2. The van der Waals surface area contributed by atoms with Gasteiger partial charge in [0.1, 0.15) is 0 Å². The number of halogens is 1. The molecule has 48 heavy (non-hydrogen) atoms. The van der Waals surface area contributed by atoms with Gasteiger partial charge in [0.25, 0.3) is 5.91 Å². The maximum absolute atomic E-state index is 12.4. The number of anilines is 3. The number of carbonyl (C=O) groups excluding carboxylic acids is 3. The van der Waals surface area contributed by atoms with Crippen LogP contribution in [0.3, 0.4) is 0 Å². The lowest BCUT2D eigenvalue weighted by atomic mass is 10.1. The zero-order valence-corrected chi connectivity index (χ0v) is 30.4. The average Bonchev–Trinajstić information content (AvgIpc) is 3.14.